The summed E-state index contributed by atoms with van der Waals surface area (Å²) in [5.41, 5.74) is 2.35. The SMILES string of the molecule is COc1ccc(C)cc1S(=O)(=O)N(CC(=O)Nc1ccc2sncc2c1)c1ccc(C)c(Cl)c1. The average Bonchev–Trinajstić information content (AvgIpc) is 3.27. The normalized spacial score (nSPS) is 11.4. The van der Waals surface area contributed by atoms with Gasteiger partial charge in [-0.15, -0.1) is 0 Å². The number of nitrogens with zero attached hydrogens (tertiary/aromatic N) is 2. The molecule has 1 aromatic heterocycles. The van der Waals surface area contributed by atoms with E-state index in [0.29, 0.717) is 10.7 Å². The molecule has 3 aromatic carbocycles. The van der Waals surface area contributed by atoms with E-state index in [1.807, 2.05) is 13.0 Å². The van der Waals surface area contributed by atoms with Gasteiger partial charge in [-0.3, -0.25) is 9.10 Å². The number of rotatable bonds is 7. The summed E-state index contributed by atoms with van der Waals surface area (Å²) in [7, 11) is -2.78. The minimum absolute atomic E-state index is 0.0368. The van der Waals surface area contributed by atoms with Crippen molar-refractivity contribution >= 4 is 60.5 Å². The Morgan fingerprint density at radius 1 is 1.12 bits per heavy atom. The highest BCUT2D eigenvalue weighted by Gasteiger charge is 2.30. The summed E-state index contributed by atoms with van der Waals surface area (Å²) >= 11 is 7.65. The first-order valence-electron chi connectivity index (χ1n) is 10.3. The molecule has 1 N–H and O–H groups in total. The molecule has 0 fully saturated rings. The molecule has 0 aliphatic heterocycles. The van der Waals surface area contributed by atoms with E-state index in [1.165, 1.54) is 30.8 Å². The number of hydrogen-bond donors (Lipinski definition) is 1. The molecular formula is C24H22ClN3O4S2. The van der Waals surface area contributed by atoms with Gasteiger partial charge in [0, 0.05) is 22.3 Å². The molecule has 34 heavy (non-hydrogen) atoms. The van der Waals surface area contributed by atoms with E-state index in [-0.39, 0.29) is 16.3 Å². The van der Waals surface area contributed by atoms with Gasteiger partial charge in [0.2, 0.25) is 5.91 Å². The lowest BCUT2D eigenvalue weighted by Gasteiger charge is -2.25. The number of amides is 1. The molecule has 4 aromatic rings. The zero-order valence-corrected chi connectivity index (χ0v) is 21.1. The highest BCUT2D eigenvalue weighted by molar-refractivity contribution is 7.93. The lowest BCUT2D eigenvalue weighted by atomic mass is 10.2. The van der Waals surface area contributed by atoms with Crippen LogP contribution in [0.15, 0.2) is 65.7 Å². The first kappa shape index (κ1) is 24.0. The monoisotopic (exact) mass is 515 g/mol. The summed E-state index contributed by atoms with van der Waals surface area (Å²) in [5, 5.41) is 4.07. The molecule has 0 radical (unpaired) electrons. The molecule has 0 unspecified atom stereocenters. The topological polar surface area (TPSA) is 88.6 Å². The fraction of sp³-hybridized carbons (Fsp3) is 0.167. The van der Waals surface area contributed by atoms with Crippen molar-refractivity contribution in [3.8, 4) is 5.75 Å². The summed E-state index contributed by atoms with van der Waals surface area (Å²) in [6.45, 7) is 3.14. The van der Waals surface area contributed by atoms with Crippen molar-refractivity contribution in [3.63, 3.8) is 0 Å². The summed E-state index contributed by atoms with van der Waals surface area (Å²) in [6.07, 6.45) is 1.71. The molecule has 0 bridgehead atoms. The number of benzene rings is 3. The van der Waals surface area contributed by atoms with Crippen LogP contribution in [0.1, 0.15) is 11.1 Å². The molecule has 0 aliphatic carbocycles. The van der Waals surface area contributed by atoms with Crippen molar-refractivity contribution in [2.45, 2.75) is 18.7 Å². The van der Waals surface area contributed by atoms with Gasteiger partial charge in [-0.1, -0.05) is 23.7 Å². The van der Waals surface area contributed by atoms with E-state index in [1.54, 1.807) is 49.5 Å². The van der Waals surface area contributed by atoms with Gasteiger partial charge in [0.05, 0.1) is 17.5 Å². The van der Waals surface area contributed by atoms with Crippen LogP contribution in [0.2, 0.25) is 5.02 Å². The summed E-state index contributed by atoms with van der Waals surface area (Å²) in [5.74, 6) is -0.320. The van der Waals surface area contributed by atoms with Crippen molar-refractivity contribution in [2.24, 2.45) is 0 Å². The van der Waals surface area contributed by atoms with Gasteiger partial charge >= 0.3 is 0 Å². The third-order valence-corrected chi connectivity index (χ3v) is 8.24. The zero-order chi connectivity index (χ0) is 24.5. The molecule has 0 saturated carbocycles. The van der Waals surface area contributed by atoms with E-state index >= 15 is 0 Å². The van der Waals surface area contributed by atoms with Gasteiger partial charge in [0.1, 0.15) is 17.2 Å². The van der Waals surface area contributed by atoms with Crippen molar-refractivity contribution in [3.05, 3.63) is 76.9 Å². The predicted octanol–water partition coefficient (Wildman–Crippen LogP) is 5.41. The fourth-order valence-corrected chi connectivity index (χ4v) is 5.89. The van der Waals surface area contributed by atoms with Gasteiger partial charge in [-0.25, -0.2) is 8.42 Å². The number of carbonyl (C=O) groups is 1. The molecule has 0 aliphatic rings. The molecule has 7 nitrogen and oxygen atoms in total. The molecule has 0 spiro atoms. The maximum Gasteiger partial charge on any atom is 0.268 e. The zero-order valence-electron chi connectivity index (χ0n) is 18.7. The number of halogens is 1. The molecule has 1 amide bonds. The summed E-state index contributed by atoms with van der Waals surface area (Å²) < 4.78 is 39.1. The number of carbonyl (C=O) groups excluding carboxylic acids is 1. The second-order valence-electron chi connectivity index (χ2n) is 7.73. The summed E-state index contributed by atoms with van der Waals surface area (Å²) in [6, 6.07) is 15.1. The number of ether oxygens (including phenoxy) is 1. The molecule has 1 heterocycles. The van der Waals surface area contributed by atoms with Crippen LogP contribution in [0.25, 0.3) is 10.1 Å². The van der Waals surface area contributed by atoms with Gasteiger partial charge in [0.25, 0.3) is 10.0 Å². The number of methoxy groups -OCH3 is 1. The van der Waals surface area contributed by atoms with Crippen molar-refractivity contribution in [1.29, 1.82) is 0 Å². The van der Waals surface area contributed by atoms with E-state index in [0.717, 1.165) is 25.5 Å². The molecule has 0 saturated heterocycles. The number of nitrogens with one attached hydrogen (secondary N) is 1. The molecular weight excluding hydrogens is 494 g/mol. The first-order chi connectivity index (χ1) is 16.2. The van der Waals surface area contributed by atoms with Gasteiger partial charge < -0.3 is 10.1 Å². The highest BCUT2D eigenvalue weighted by Crippen LogP contribution is 2.33. The third kappa shape index (κ3) is 4.86. The van der Waals surface area contributed by atoms with Crippen molar-refractivity contribution in [2.75, 3.05) is 23.3 Å². The quantitative estimate of drug-likeness (QED) is 0.355. The maximum atomic E-state index is 13.8. The minimum Gasteiger partial charge on any atom is -0.495 e. The van der Waals surface area contributed by atoms with Crippen LogP contribution in [0, 0.1) is 13.8 Å². The Morgan fingerprint density at radius 3 is 2.65 bits per heavy atom. The van der Waals surface area contributed by atoms with Crippen LogP contribution in [0.3, 0.4) is 0 Å². The Labute approximate surface area is 207 Å². The number of fused-ring (bicyclic) bond motifs is 1. The Bertz CT molecular complexity index is 1480. The fourth-order valence-electron chi connectivity index (χ4n) is 3.44. The van der Waals surface area contributed by atoms with E-state index in [9.17, 15) is 13.2 Å². The Balaban J connectivity index is 1.72. The minimum atomic E-state index is -4.18. The lowest BCUT2D eigenvalue weighted by molar-refractivity contribution is -0.114. The van der Waals surface area contributed by atoms with E-state index in [2.05, 4.69) is 9.69 Å². The molecule has 10 heteroatoms. The Morgan fingerprint density at radius 2 is 1.91 bits per heavy atom. The summed E-state index contributed by atoms with van der Waals surface area (Å²) in [4.78, 5) is 13.0. The second kappa shape index (κ2) is 9.61. The highest BCUT2D eigenvalue weighted by atomic mass is 35.5. The van der Waals surface area contributed by atoms with Crippen LogP contribution in [0.5, 0.6) is 5.75 Å². The Hall–Kier alpha value is -3.14. The second-order valence-corrected chi connectivity index (χ2v) is 10.8. The van der Waals surface area contributed by atoms with Crippen LogP contribution in [-0.2, 0) is 14.8 Å². The first-order valence-corrected chi connectivity index (χ1v) is 12.9. The van der Waals surface area contributed by atoms with E-state index < -0.39 is 22.5 Å². The molecule has 176 valence electrons. The number of aromatic nitrogens is 1. The smallest absolute Gasteiger partial charge is 0.268 e. The van der Waals surface area contributed by atoms with Crippen LogP contribution >= 0.6 is 23.1 Å². The number of sulfonamides is 1. The van der Waals surface area contributed by atoms with Crippen LogP contribution < -0.4 is 14.4 Å². The number of hydrogen-bond acceptors (Lipinski definition) is 6. The number of aryl methyl sites for hydroxylation is 2. The Kier molecular flexibility index (Phi) is 6.79. The van der Waals surface area contributed by atoms with Gasteiger partial charge in [-0.05, 0) is 79.0 Å². The van der Waals surface area contributed by atoms with Crippen molar-refractivity contribution < 1.29 is 17.9 Å². The third-order valence-electron chi connectivity index (χ3n) is 5.25. The number of anilines is 2. The average molecular weight is 516 g/mol. The molecule has 4 rings (SSSR count). The predicted molar refractivity (Wildman–Crippen MR) is 137 cm³/mol. The van der Waals surface area contributed by atoms with Crippen LogP contribution in [-0.4, -0.2) is 32.4 Å². The van der Waals surface area contributed by atoms with Gasteiger partial charge in [0.15, 0.2) is 0 Å². The van der Waals surface area contributed by atoms with Crippen molar-refractivity contribution in [1.82, 2.24) is 4.37 Å². The van der Waals surface area contributed by atoms with E-state index in [4.69, 9.17) is 16.3 Å². The van der Waals surface area contributed by atoms with Crippen LogP contribution in [0.4, 0.5) is 11.4 Å². The van der Waals surface area contributed by atoms with Gasteiger partial charge in [-0.2, -0.15) is 4.37 Å². The largest absolute Gasteiger partial charge is 0.495 e. The lowest BCUT2D eigenvalue weighted by Crippen LogP contribution is -2.38. The standard InChI is InChI=1S/C24H22ClN3O4S2/c1-15-4-8-21(32-3)23(10-15)34(30,31)28(19-7-5-16(2)20(25)12-19)14-24(29)27-18-6-9-22-17(11-18)13-26-33-22/h4-13H,14H2,1-3H3,(H,27,29). The maximum absolute atomic E-state index is 13.8. The molecule has 0 atom stereocenters.